The first kappa shape index (κ1) is 24.9. The minimum atomic E-state index is -0.310. The number of carbonyl (C=O) groups excluding carboxylic acids is 1. The van der Waals surface area contributed by atoms with Gasteiger partial charge in [0, 0.05) is 11.5 Å². The van der Waals surface area contributed by atoms with E-state index in [4.69, 9.17) is 9.47 Å². The van der Waals surface area contributed by atoms with Crippen LogP contribution in [0.2, 0.25) is 0 Å². The third-order valence-corrected chi connectivity index (χ3v) is 8.97. The minimum absolute atomic E-state index is 0.0903. The quantitative estimate of drug-likeness (QED) is 0.180. The van der Waals surface area contributed by atoms with Crippen LogP contribution >= 0.6 is 46.1 Å². The van der Waals surface area contributed by atoms with E-state index < -0.39 is 0 Å². The summed E-state index contributed by atoms with van der Waals surface area (Å²) in [4.78, 5) is 12.1. The van der Waals surface area contributed by atoms with Crippen LogP contribution in [-0.2, 0) is 11.4 Å². The van der Waals surface area contributed by atoms with Gasteiger partial charge < -0.3 is 9.47 Å². The van der Waals surface area contributed by atoms with E-state index in [-0.39, 0.29) is 12.5 Å². The van der Waals surface area contributed by atoms with Crippen molar-refractivity contribution in [1.82, 2.24) is 5.43 Å². The van der Waals surface area contributed by atoms with Gasteiger partial charge in [0.2, 0.25) is 0 Å². The van der Waals surface area contributed by atoms with Crippen LogP contribution in [0.4, 0.5) is 0 Å². The molecule has 1 aliphatic heterocycles. The highest BCUT2D eigenvalue weighted by atomic mass is 127. The molecule has 1 N–H and O–H groups in total. The molecule has 0 aliphatic carbocycles. The Hall–Kier alpha value is -2.17. The van der Waals surface area contributed by atoms with Crippen LogP contribution in [0.1, 0.15) is 26.8 Å². The fourth-order valence-corrected chi connectivity index (χ4v) is 6.75. The van der Waals surface area contributed by atoms with Crippen molar-refractivity contribution >= 4 is 58.2 Å². The summed E-state index contributed by atoms with van der Waals surface area (Å²) >= 11 is 6.17. The molecule has 5 nitrogen and oxygen atoms in total. The highest BCUT2D eigenvalue weighted by Gasteiger charge is 2.18. The molecular formula is C26H25IN2O3S2. The van der Waals surface area contributed by atoms with Gasteiger partial charge >= 0.3 is 0 Å². The molecule has 176 valence electrons. The van der Waals surface area contributed by atoms with Crippen molar-refractivity contribution in [1.29, 1.82) is 0 Å². The van der Waals surface area contributed by atoms with Crippen molar-refractivity contribution in [3.63, 3.8) is 0 Å². The van der Waals surface area contributed by atoms with E-state index in [1.54, 1.807) is 6.21 Å². The normalized spacial score (nSPS) is 13.8. The molecule has 3 aromatic carbocycles. The molecule has 3 aromatic rings. The first-order chi connectivity index (χ1) is 16.6. The smallest absolute Gasteiger partial charge is 0.277 e. The lowest BCUT2D eigenvalue weighted by Crippen LogP contribution is -2.24. The van der Waals surface area contributed by atoms with Crippen LogP contribution in [0.25, 0.3) is 0 Å². The average Bonchev–Trinajstić information content (AvgIpc) is 3.39. The maximum Gasteiger partial charge on any atom is 0.277 e. The third-order valence-electron chi connectivity index (χ3n) is 5.02. The molecule has 1 amide bonds. The average molecular weight is 605 g/mol. The van der Waals surface area contributed by atoms with Crippen molar-refractivity contribution in [2.45, 2.75) is 18.1 Å². The van der Waals surface area contributed by atoms with Crippen LogP contribution in [0.3, 0.4) is 0 Å². The molecule has 1 fully saturated rings. The predicted octanol–water partition coefficient (Wildman–Crippen LogP) is 6.19. The van der Waals surface area contributed by atoms with Gasteiger partial charge in [-0.1, -0.05) is 42.0 Å². The number of rotatable bonds is 9. The van der Waals surface area contributed by atoms with Gasteiger partial charge in [0.15, 0.2) is 6.61 Å². The molecule has 0 aromatic heterocycles. The minimum Gasteiger partial charge on any atom is -0.488 e. The number of carbonyl (C=O) groups is 1. The maximum atomic E-state index is 12.1. The standard InChI is InChI=1S/C26H25IN2O3S2/c1-18-2-4-19(5-3-18)16-32-24-11-6-20(14-23(24)27)15-28-29-25(30)17-31-22-9-7-21(8-10-22)26-33-12-13-34-26/h2-11,14-15,26H,12-13,16-17H2,1H3,(H,29,30)/b28-15-. The summed E-state index contributed by atoms with van der Waals surface area (Å²) in [7, 11) is 0. The number of thioether (sulfide) groups is 2. The van der Waals surface area contributed by atoms with Gasteiger partial charge in [-0.3, -0.25) is 4.79 Å². The Morgan fingerprint density at radius 2 is 1.79 bits per heavy atom. The molecule has 1 heterocycles. The number of hydrogen-bond acceptors (Lipinski definition) is 6. The van der Waals surface area contributed by atoms with E-state index in [0.29, 0.717) is 16.9 Å². The van der Waals surface area contributed by atoms with Gasteiger partial charge in [0.25, 0.3) is 5.91 Å². The molecule has 0 spiro atoms. The molecule has 0 unspecified atom stereocenters. The van der Waals surface area contributed by atoms with Crippen molar-refractivity contribution in [2.75, 3.05) is 18.1 Å². The Balaban J connectivity index is 1.21. The number of nitrogens with one attached hydrogen (secondary N) is 1. The molecular weight excluding hydrogens is 579 g/mol. The summed E-state index contributed by atoms with van der Waals surface area (Å²) in [6.45, 7) is 2.49. The van der Waals surface area contributed by atoms with E-state index in [9.17, 15) is 4.79 Å². The predicted molar refractivity (Wildman–Crippen MR) is 150 cm³/mol. The lowest BCUT2D eigenvalue weighted by Gasteiger charge is -2.10. The molecule has 0 atom stereocenters. The number of hydrazone groups is 1. The van der Waals surface area contributed by atoms with Crippen LogP contribution in [-0.4, -0.2) is 30.2 Å². The van der Waals surface area contributed by atoms with Crippen molar-refractivity contribution < 1.29 is 14.3 Å². The lowest BCUT2D eigenvalue weighted by atomic mass is 10.2. The van der Waals surface area contributed by atoms with Crippen LogP contribution in [0, 0.1) is 10.5 Å². The summed E-state index contributed by atoms with van der Waals surface area (Å²) < 4.78 is 13.0. The zero-order valence-corrected chi connectivity index (χ0v) is 22.5. The monoisotopic (exact) mass is 604 g/mol. The van der Waals surface area contributed by atoms with Gasteiger partial charge in [0.05, 0.1) is 14.4 Å². The number of hydrogen-bond donors (Lipinski definition) is 1. The molecule has 8 heteroatoms. The molecule has 0 saturated carbocycles. The van der Waals surface area contributed by atoms with Crippen molar-refractivity contribution in [3.05, 3.63) is 92.6 Å². The highest BCUT2D eigenvalue weighted by Crippen LogP contribution is 2.45. The Labute approximate surface area is 222 Å². The first-order valence-electron chi connectivity index (χ1n) is 10.8. The van der Waals surface area contributed by atoms with Crippen molar-refractivity contribution in [2.24, 2.45) is 5.10 Å². The number of halogens is 1. The second kappa shape index (κ2) is 12.5. The number of nitrogens with zero attached hydrogens (tertiary/aromatic N) is 1. The van der Waals surface area contributed by atoms with E-state index in [2.05, 4.69) is 76.4 Å². The Morgan fingerprint density at radius 1 is 1.06 bits per heavy atom. The van der Waals surface area contributed by atoms with Crippen molar-refractivity contribution in [3.8, 4) is 11.5 Å². The van der Waals surface area contributed by atoms with Gasteiger partial charge in [0.1, 0.15) is 18.1 Å². The van der Waals surface area contributed by atoms with E-state index >= 15 is 0 Å². The third kappa shape index (κ3) is 7.41. The first-order valence-corrected chi connectivity index (χ1v) is 14.0. The highest BCUT2D eigenvalue weighted by molar-refractivity contribution is 14.1. The second-order valence-electron chi connectivity index (χ2n) is 7.69. The number of ether oxygens (including phenoxy) is 2. The van der Waals surface area contributed by atoms with Gasteiger partial charge in [-0.05, 0) is 76.5 Å². The Morgan fingerprint density at radius 3 is 2.50 bits per heavy atom. The summed E-state index contributed by atoms with van der Waals surface area (Å²) in [6, 6.07) is 22.0. The SMILES string of the molecule is Cc1ccc(COc2ccc(/C=N\NC(=O)COc3ccc(C4SCCS4)cc3)cc2I)cc1. The fraction of sp³-hybridized carbons (Fsp3) is 0.231. The second-order valence-corrected chi connectivity index (χ2v) is 11.6. The molecule has 34 heavy (non-hydrogen) atoms. The zero-order valence-electron chi connectivity index (χ0n) is 18.7. The lowest BCUT2D eigenvalue weighted by molar-refractivity contribution is -0.123. The van der Waals surface area contributed by atoms with Gasteiger partial charge in [-0.2, -0.15) is 5.10 Å². The number of benzene rings is 3. The van der Waals surface area contributed by atoms with E-state index in [1.807, 2.05) is 53.9 Å². The largest absolute Gasteiger partial charge is 0.488 e. The summed E-state index contributed by atoms with van der Waals surface area (Å²) in [6.07, 6.45) is 1.61. The molecule has 0 bridgehead atoms. The van der Waals surface area contributed by atoms with E-state index in [0.717, 1.165) is 20.4 Å². The maximum absolute atomic E-state index is 12.1. The molecule has 1 saturated heterocycles. The van der Waals surface area contributed by atoms with Crippen LogP contribution < -0.4 is 14.9 Å². The molecule has 0 radical (unpaired) electrons. The number of amides is 1. The Kier molecular flexibility index (Phi) is 9.18. The van der Waals surface area contributed by atoms with Gasteiger partial charge in [-0.25, -0.2) is 5.43 Å². The fourth-order valence-electron chi connectivity index (χ4n) is 3.19. The summed E-state index contributed by atoms with van der Waals surface area (Å²) in [5.74, 6) is 3.56. The summed E-state index contributed by atoms with van der Waals surface area (Å²) in [5.41, 5.74) is 7.02. The molecule has 1 aliphatic rings. The number of aryl methyl sites for hydroxylation is 1. The Bertz CT molecular complexity index is 1130. The topological polar surface area (TPSA) is 59.9 Å². The van der Waals surface area contributed by atoms with Gasteiger partial charge in [-0.15, -0.1) is 23.5 Å². The van der Waals surface area contributed by atoms with E-state index in [1.165, 1.54) is 22.6 Å². The molecule has 4 rings (SSSR count). The van der Waals surface area contributed by atoms with Crippen LogP contribution in [0.5, 0.6) is 11.5 Å². The summed E-state index contributed by atoms with van der Waals surface area (Å²) in [5, 5.41) is 4.04. The zero-order chi connectivity index (χ0) is 23.8. The van der Waals surface area contributed by atoms with Crippen LogP contribution in [0.15, 0.2) is 71.8 Å².